The Balaban J connectivity index is 2.16. The Morgan fingerprint density at radius 2 is 1.68 bits per heavy atom. The molecule has 1 saturated heterocycles. The van der Waals surface area contributed by atoms with Crippen molar-refractivity contribution in [1.29, 1.82) is 5.26 Å². The number of piperidine rings is 1. The second kappa shape index (κ2) is 5.32. The van der Waals surface area contributed by atoms with E-state index in [1.54, 1.807) is 0 Å². The third-order valence-corrected chi connectivity index (χ3v) is 4.30. The molecule has 0 aromatic carbocycles. The van der Waals surface area contributed by atoms with Crippen LogP contribution in [0, 0.1) is 22.7 Å². The molecule has 4 heteroatoms. The van der Waals surface area contributed by atoms with Crippen molar-refractivity contribution in [2.24, 2.45) is 11.3 Å². The van der Waals surface area contributed by atoms with E-state index >= 15 is 0 Å². The first-order valence-corrected chi connectivity index (χ1v) is 7.19. The van der Waals surface area contributed by atoms with Gasteiger partial charge in [0.1, 0.15) is 6.04 Å². The maximum absolute atomic E-state index is 12.2. The minimum atomic E-state index is -0.545. The fourth-order valence-electron chi connectivity index (χ4n) is 3.32. The third kappa shape index (κ3) is 2.97. The van der Waals surface area contributed by atoms with Gasteiger partial charge >= 0.3 is 0 Å². The highest BCUT2D eigenvalue weighted by atomic mass is 16.2. The topological polar surface area (TPSA) is 61.2 Å². The standard InChI is InChI=1S/C15H22N2O2/c1-15(2)8-13(18)17(14(19)9-15)12(10-16)11-6-4-3-5-7-11/h11-12H,3-9H2,1-2H3. The fraction of sp³-hybridized carbons (Fsp3) is 0.800. The Morgan fingerprint density at radius 3 is 2.16 bits per heavy atom. The molecule has 1 aliphatic heterocycles. The predicted octanol–water partition coefficient (Wildman–Crippen LogP) is 2.63. The molecule has 2 aliphatic rings. The van der Waals surface area contributed by atoms with Crippen LogP contribution < -0.4 is 0 Å². The molecule has 2 rings (SSSR count). The van der Waals surface area contributed by atoms with E-state index in [-0.39, 0.29) is 23.1 Å². The van der Waals surface area contributed by atoms with E-state index < -0.39 is 6.04 Å². The number of carbonyl (C=O) groups excluding carboxylic acids is 2. The van der Waals surface area contributed by atoms with Crippen molar-refractivity contribution in [3.8, 4) is 6.07 Å². The van der Waals surface area contributed by atoms with Crippen LogP contribution in [0.4, 0.5) is 0 Å². The smallest absolute Gasteiger partial charge is 0.230 e. The summed E-state index contributed by atoms with van der Waals surface area (Å²) in [6.45, 7) is 3.87. The molecule has 104 valence electrons. The number of rotatable bonds is 2. The number of nitriles is 1. The van der Waals surface area contributed by atoms with E-state index in [0.717, 1.165) is 25.7 Å². The zero-order valence-corrected chi connectivity index (χ0v) is 11.8. The van der Waals surface area contributed by atoms with Gasteiger partial charge in [-0.1, -0.05) is 33.1 Å². The van der Waals surface area contributed by atoms with Gasteiger partial charge in [-0.3, -0.25) is 14.5 Å². The Morgan fingerprint density at radius 1 is 1.16 bits per heavy atom. The van der Waals surface area contributed by atoms with Crippen LogP contribution in [0.2, 0.25) is 0 Å². The normalized spacial score (nSPS) is 26.1. The van der Waals surface area contributed by atoms with Crippen LogP contribution in [-0.2, 0) is 9.59 Å². The summed E-state index contributed by atoms with van der Waals surface area (Å²) in [5.74, 6) is -0.162. The van der Waals surface area contributed by atoms with Gasteiger partial charge in [0.2, 0.25) is 11.8 Å². The van der Waals surface area contributed by atoms with Gasteiger partial charge in [-0.05, 0) is 24.2 Å². The van der Waals surface area contributed by atoms with Crippen LogP contribution in [-0.4, -0.2) is 22.8 Å². The second-order valence-electron chi connectivity index (χ2n) is 6.65. The highest BCUT2D eigenvalue weighted by molar-refractivity contribution is 5.99. The zero-order valence-electron chi connectivity index (χ0n) is 11.8. The van der Waals surface area contributed by atoms with Gasteiger partial charge in [0.25, 0.3) is 0 Å². The Kier molecular flexibility index (Phi) is 3.93. The summed E-state index contributed by atoms with van der Waals surface area (Å²) in [4.78, 5) is 25.7. The highest BCUT2D eigenvalue weighted by Crippen LogP contribution is 2.36. The first-order valence-electron chi connectivity index (χ1n) is 7.19. The van der Waals surface area contributed by atoms with Crippen LogP contribution >= 0.6 is 0 Å². The lowest BCUT2D eigenvalue weighted by atomic mass is 9.78. The molecule has 4 nitrogen and oxygen atoms in total. The molecule has 1 unspecified atom stereocenters. The van der Waals surface area contributed by atoms with Crippen molar-refractivity contribution in [2.75, 3.05) is 0 Å². The number of carbonyl (C=O) groups is 2. The average molecular weight is 262 g/mol. The van der Waals surface area contributed by atoms with Gasteiger partial charge < -0.3 is 0 Å². The number of amides is 2. The molecule has 0 bridgehead atoms. The van der Waals surface area contributed by atoms with Crippen LogP contribution in [0.15, 0.2) is 0 Å². The minimum absolute atomic E-state index is 0.168. The maximum Gasteiger partial charge on any atom is 0.230 e. The number of hydrogen-bond acceptors (Lipinski definition) is 3. The quantitative estimate of drug-likeness (QED) is 0.719. The molecule has 1 heterocycles. The molecule has 0 N–H and O–H groups in total. The monoisotopic (exact) mass is 262 g/mol. The lowest BCUT2D eigenvalue weighted by Gasteiger charge is -2.39. The first kappa shape index (κ1) is 14.0. The molecule has 1 saturated carbocycles. The molecular weight excluding hydrogens is 240 g/mol. The van der Waals surface area contributed by atoms with Gasteiger partial charge in [-0.2, -0.15) is 5.26 Å². The zero-order chi connectivity index (χ0) is 14.0. The second-order valence-corrected chi connectivity index (χ2v) is 6.65. The first-order chi connectivity index (χ1) is 8.94. The summed E-state index contributed by atoms with van der Waals surface area (Å²) in [6, 6.07) is 1.67. The van der Waals surface area contributed by atoms with E-state index in [1.807, 2.05) is 13.8 Å². The fourth-order valence-corrected chi connectivity index (χ4v) is 3.32. The van der Waals surface area contributed by atoms with Crippen molar-refractivity contribution in [3.05, 3.63) is 0 Å². The SMILES string of the molecule is CC1(C)CC(=O)N(C(C#N)C2CCCCC2)C(=O)C1. The molecule has 0 spiro atoms. The molecule has 0 radical (unpaired) electrons. The maximum atomic E-state index is 12.2. The van der Waals surface area contributed by atoms with E-state index in [4.69, 9.17) is 0 Å². The average Bonchev–Trinajstić information content (AvgIpc) is 2.33. The number of imide groups is 1. The summed E-state index contributed by atoms with van der Waals surface area (Å²) >= 11 is 0. The Bertz CT molecular complexity index is 396. The van der Waals surface area contributed by atoms with Gasteiger partial charge in [-0.25, -0.2) is 0 Å². The van der Waals surface area contributed by atoms with Crippen LogP contribution in [0.1, 0.15) is 58.8 Å². The molecular formula is C15H22N2O2. The summed E-state index contributed by atoms with van der Waals surface area (Å²) in [5, 5.41) is 9.40. The van der Waals surface area contributed by atoms with Crippen molar-refractivity contribution in [3.63, 3.8) is 0 Å². The highest BCUT2D eigenvalue weighted by Gasteiger charge is 2.43. The Labute approximate surface area is 114 Å². The predicted molar refractivity (Wildman–Crippen MR) is 70.8 cm³/mol. The van der Waals surface area contributed by atoms with E-state index in [9.17, 15) is 14.9 Å². The van der Waals surface area contributed by atoms with Crippen molar-refractivity contribution >= 4 is 11.8 Å². The van der Waals surface area contributed by atoms with Gasteiger partial charge in [0.05, 0.1) is 6.07 Å². The molecule has 19 heavy (non-hydrogen) atoms. The van der Waals surface area contributed by atoms with E-state index in [2.05, 4.69) is 6.07 Å². The summed E-state index contributed by atoms with van der Waals surface area (Å²) < 4.78 is 0. The van der Waals surface area contributed by atoms with Gasteiger partial charge in [0.15, 0.2) is 0 Å². The van der Waals surface area contributed by atoms with E-state index in [0.29, 0.717) is 12.8 Å². The van der Waals surface area contributed by atoms with Crippen molar-refractivity contribution < 1.29 is 9.59 Å². The molecule has 1 atom stereocenters. The van der Waals surface area contributed by atoms with Crippen LogP contribution in [0.3, 0.4) is 0 Å². The minimum Gasteiger partial charge on any atom is -0.274 e. The Hall–Kier alpha value is -1.37. The van der Waals surface area contributed by atoms with Gasteiger partial charge in [-0.15, -0.1) is 0 Å². The lowest BCUT2D eigenvalue weighted by Crippen LogP contribution is -2.53. The van der Waals surface area contributed by atoms with Crippen molar-refractivity contribution in [1.82, 2.24) is 4.90 Å². The number of hydrogen-bond donors (Lipinski definition) is 0. The van der Waals surface area contributed by atoms with Crippen molar-refractivity contribution in [2.45, 2.75) is 64.8 Å². The molecule has 2 fully saturated rings. The van der Waals surface area contributed by atoms with Gasteiger partial charge in [0, 0.05) is 12.8 Å². The lowest BCUT2D eigenvalue weighted by molar-refractivity contribution is -0.155. The van der Waals surface area contributed by atoms with Crippen LogP contribution in [0.25, 0.3) is 0 Å². The van der Waals surface area contributed by atoms with Crippen LogP contribution in [0.5, 0.6) is 0 Å². The molecule has 1 aliphatic carbocycles. The summed E-state index contributed by atoms with van der Waals surface area (Å²) in [5.41, 5.74) is -0.267. The molecule has 0 aromatic rings. The summed E-state index contributed by atoms with van der Waals surface area (Å²) in [7, 11) is 0. The number of likely N-dealkylation sites (tertiary alicyclic amines) is 1. The summed E-state index contributed by atoms with van der Waals surface area (Å²) in [6.07, 6.45) is 6.04. The van der Waals surface area contributed by atoms with E-state index in [1.165, 1.54) is 11.3 Å². The number of nitrogens with zero attached hydrogens (tertiary/aromatic N) is 2. The molecule has 0 aromatic heterocycles. The largest absolute Gasteiger partial charge is 0.274 e. The third-order valence-electron chi connectivity index (χ3n) is 4.30. The molecule has 2 amide bonds.